The van der Waals surface area contributed by atoms with Crippen molar-refractivity contribution in [3.05, 3.63) is 77.0 Å². The van der Waals surface area contributed by atoms with E-state index in [9.17, 15) is 0 Å². The second kappa shape index (κ2) is 12.3. The highest BCUT2D eigenvalue weighted by molar-refractivity contribution is 5.70. The molecule has 1 aromatic rings. The molecule has 1 unspecified atom stereocenters. The van der Waals surface area contributed by atoms with E-state index in [4.69, 9.17) is 0 Å². The molecule has 2 fully saturated rings. The summed E-state index contributed by atoms with van der Waals surface area (Å²) in [6.07, 6.45) is 30.5. The van der Waals surface area contributed by atoms with Gasteiger partial charge in [0.05, 0.1) is 0 Å². The van der Waals surface area contributed by atoms with Crippen LogP contribution in [0.15, 0.2) is 71.5 Å². The number of rotatable bonds is 5. The fourth-order valence-corrected chi connectivity index (χ4v) is 7.22. The van der Waals surface area contributed by atoms with E-state index in [1.54, 1.807) is 16.8 Å². The first-order valence-electron chi connectivity index (χ1n) is 15.0. The average molecular weight is 470 g/mol. The van der Waals surface area contributed by atoms with Crippen molar-refractivity contribution in [1.29, 1.82) is 0 Å². The van der Waals surface area contributed by atoms with Crippen molar-refractivity contribution < 1.29 is 0 Å². The highest BCUT2D eigenvalue weighted by Crippen LogP contribution is 2.39. The monoisotopic (exact) mass is 469 g/mol. The molecule has 2 saturated carbocycles. The van der Waals surface area contributed by atoms with Gasteiger partial charge in [0.2, 0.25) is 0 Å². The Balaban J connectivity index is 1.49. The van der Waals surface area contributed by atoms with Crippen molar-refractivity contribution in [2.45, 2.75) is 109 Å². The van der Waals surface area contributed by atoms with E-state index in [1.807, 2.05) is 0 Å². The number of hydrogen-bond donors (Lipinski definition) is 0. The van der Waals surface area contributed by atoms with Crippen LogP contribution in [0.2, 0.25) is 0 Å². The van der Waals surface area contributed by atoms with Crippen LogP contribution in [0, 0.1) is 11.8 Å². The summed E-state index contributed by atoms with van der Waals surface area (Å²) in [6.45, 7) is 3.65. The van der Waals surface area contributed by atoms with E-state index in [0.717, 1.165) is 24.3 Å². The van der Waals surface area contributed by atoms with Gasteiger partial charge in [0.1, 0.15) is 0 Å². The van der Waals surface area contributed by atoms with Gasteiger partial charge in [-0.3, -0.25) is 0 Å². The van der Waals surface area contributed by atoms with Crippen molar-refractivity contribution in [3.63, 3.8) is 0 Å². The van der Waals surface area contributed by atoms with E-state index >= 15 is 0 Å². The minimum Gasteiger partial charge on any atom is -0.368 e. The molecule has 1 heteroatoms. The molecule has 0 aromatic heterocycles. The lowest BCUT2D eigenvalue weighted by molar-refractivity contribution is 0.161. The zero-order chi connectivity index (χ0) is 23.9. The van der Waals surface area contributed by atoms with Crippen LogP contribution in [-0.4, -0.2) is 17.5 Å². The van der Waals surface area contributed by atoms with Crippen molar-refractivity contribution in [1.82, 2.24) is 4.90 Å². The minimum atomic E-state index is 0.717. The summed E-state index contributed by atoms with van der Waals surface area (Å²) in [5.74, 6) is 1.64. The van der Waals surface area contributed by atoms with Crippen molar-refractivity contribution in [3.8, 4) is 0 Å². The maximum Gasteiger partial charge on any atom is 0.0398 e. The molecular weight excluding hydrogens is 422 g/mol. The third-order valence-corrected chi connectivity index (χ3v) is 9.24. The molecule has 1 heterocycles. The lowest BCUT2D eigenvalue weighted by Crippen LogP contribution is -2.39. The summed E-state index contributed by atoms with van der Waals surface area (Å²) in [4.78, 5) is 2.86. The zero-order valence-electron chi connectivity index (χ0n) is 22.2. The summed E-state index contributed by atoms with van der Waals surface area (Å²) < 4.78 is 0. The van der Waals surface area contributed by atoms with Crippen LogP contribution in [0.1, 0.15) is 109 Å². The first-order chi connectivity index (χ1) is 17.3. The standard InChI is InChI=1S/C34H47N/c1-2-27-14-12-21-32(25-27)35-23-11-5-10-20-31-24-28(15-13-22-34(31)35)26-33(29-16-6-3-7-17-29)30-18-8-4-9-19-30/h3,6-7,13,16-17,22,24,26-27,30,32H,2,4-5,8-12,14-15,18-21,23,25H2,1H3/b33-26+/t27-,32?/m0/s1. The Kier molecular flexibility index (Phi) is 8.66. The van der Waals surface area contributed by atoms with Gasteiger partial charge in [0, 0.05) is 18.3 Å². The molecule has 1 nitrogen and oxygen atoms in total. The molecule has 3 aliphatic carbocycles. The van der Waals surface area contributed by atoms with Crippen LogP contribution in [-0.2, 0) is 0 Å². The Morgan fingerprint density at radius 2 is 1.74 bits per heavy atom. The Morgan fingerprint density at radius 1 is 0.914 bits per heavy atom. The largest absolute Gasteiger partial charge is 0.368 e. The van der Waals surface area contributed by atoms with Crippen LogP contribution >= 0.6 is 0 Å². The van der Waals surface area contributed by atoms with Gasteiger partial charge in [-0.25, -0.2) is 0 Å². The molecule has 0 spiro atoms. The summed E-state index contributed by atoms with van der Waals surface area (Å²) in [5, 5.41) is 0. The van der Waals surface area contributed by atoms with E-state index in [-0.39, 0.29) is 0 Å². The lowest BCUT2D eigenvalue weighted by Gasteiger charge is -2.41. The van der Waals surface area contributed by atoms with Gasteiger partial charge >= 0.3 is 0 Å². The molecule has 0 radical (unpaired) electrons. The van der Waals surface area contributed by atoms with Gasteiger partial charge in [0.25, 0.3) is 0 Å². The van der Waals surface area contributed by atoms with E-state index in [0.29, 0.717) is 0 Å². The van der Waals surface area contributed by atoms with Crippen LogP contribution < -0.4 is 0 Å². The molecule has 1 aromatic carbocycles. The first-order valence-corrected chi connectivity index (χ1v) is 15.0. The highest BCUT2D eigenvalue weighted by atomic mass is 15.2. The van der Waals surface area contributed by atoms with E-state index in [1.165, 1.54) is 108 Å². The predicted molar refractivity (Wildman–Crippen MR) is 151 cm³/mol. The van der Waals surface area contributed by atoms with Crippen LogP contribution in [0.5, 0.6) is 0 Å². The minimum absolute atomic E-state index is 0.717. The quantitative estimate of drug-likeness (QED) is 0.415. The van der Waals surface area contributed by atoms with Crippen LogP contribution in [0.4, 0.5) is 0 Å². The molecule has 0 bridgehead atoms. The van der Waals surface area contributed by atoms with Crippen molar-refractivity contribution in [2.75, 3.05) is 6.54 Å². The molecule has 5 rings (SSSR count). The van der Waals surface area contributed by atoms with Gasteiger partial charge in [-0.2, -0.15) is 0 Å². The lowest BCUT2D eigenvalue weighted by atomic mass is 9.80. The highest BCUT2D eigenvalue weighted by Gasteiger charge is 2.28. The Hall–Kier alpha value is -2.02. The summed E-state index contributed by atoms with van der Waals surface area (Å²) >= 11 is 0. The number of hydrogen-bond acceptors (Lipinski definition) is 1. The molecule has 188 valence electrons. The van der Waals surface area contributed by atoms with Crippen LogP contribution in [0.25, 0.3) is 5.57 Å². The predicted octanol–water partition coefficient (Wildman–Crippen LogP) is 9.64. The fraction of sp³-hybridized carbons (Fsp3) is 0.588. The summed E-state index contributed by atoms with van der Waals surface area (Å²) in [5.41, 5.74) is 7.73. The first kappa shape index (κ1) is 24.7. The average Bonchev–Trinajstić information content (AvgIpc) is 3.10. The molecule has 4 aliphatic rings. The molecule has 0 N–H and O–H groups in total. The molecule has 35 heavy (non-hydrogen) atoms. The number of nitrogens with zero attached hydrogens (tertiary/aromatic N) is 1. The number of allylic oxidation sites excluding steroid dienone is 7. The van der Waals surface area contributed by atoms with E-state index in [2.05, 4.69) is 66.5 Å². The second-order valence-corrected chi connectivity index (χ2v) is 11.6. The third-order valence-electron chi connectivity index (χ3n) is 9.24. The van der Waals surface area contributed by atoms with E-state index < -0.39 is 0 Å². The summed E-state index contributed by atoms with van der Waals surface area (Å²) in [7, 11) is 0. The smallest absolute Gasteiger partial charge is 0.0398 e. The second-order valence-electron chi connectivity index (χ2n) is 11.6. The Labute approximate surface area is 215 Å². The molecule has 2 atom stereocenters. The zero-order valence-corrected chi connectivity index (χ0v) is 22.2. The molecule has 0 amide bonds. The normalized spacial score (nSPS) is 27.1. The van der Waals surface area contributed by atoms with Crippen molar-refractivity contribution >= 4 is 5.57 Å². The van der Waals surface area contributed by atoms with Gasteiger partial charge in [-0.1, -0.05) is 100 Å². The van der Waals surface area contributed by atoms with Gasteiger partial charge in [0.15, 0.2) is 0 Å². The Morgan fingerprint density at radius 3 is 2.57 bits per heavy atom. The third kappa shape index (κ3) is 6.22. The summed E-state index contributed by atoms with van der Waals surface area (Å²) in [6, 6.07) is 12.0. The van der Waals surface area contributed by atoms with Crippen LogP contribution in [0.3, 0.4) is 0 Å². The van der Waals surface area contributed by atoms with Gasteiger partial charge in [-0.15, -0.1) is 0 Å². The SMILES string of the molecule is CC[C@H]1CCCC(N2CCCCCC3=C2C=CCC(/C=C(\c2ccccc2)C2CCCCC2)=C3)C1. The maximum atomic E-state index is 2.86. The number of benzene rings is 1. The topological polar surface area (TPSA) is 3.24 Å². The van der Waals surface area contributed by atoms with Crippen molar-refractivity contribution in [2.24, 2.45) is 11.8 Å². The van der Waals surface area contributed by atoms with Gasteiger partial charge < -0.3 is 4.90 Å². The molecular formula is C34H47N. The fourth-order valence-electron chi connectivity index (χ4n) is 7.22. The Bertz CT molecular complexity index is 940. The molecule has 0 saturated heterocycles. The maximum absolute atomic E-state index is 2.86. The van der Waals surface area contributed by atoms with Gasteiger partial charge in [-0.05, 0) is 91.6 Å². The molecule has 1 aliphatic heterocycles.